The Morgan fingerprint density at radius 3 is 2.63 bits per heavy atom. The summed E-state index contributed by atoms with van der Waals surface area (Å²) in [5, 5.41) is 10.8. The van der Waals surface area contributed by atoms with Gasteiger partial charge in [0, 0.05) is 39.3 Å². The number of aromatic nitrogens is 2. The zero-order chi connectivity index (χ0) is 13.7. The summed E-state index contributed by atoms with van der Waals surface area (Å²) in [5.74, 6) is 0.107. The summed E-state index contributed by atoms with van der Waals surface area (Å²) in [4.78, 5) is 15.6. The van der Waals surface area contributed by atoms with E-state index in [9.17, 15) is 4.79 Å². The van der Waals surface area contributed by atoms with E-state index in [0.717, 1.165) is 39.3 Å². The third-order valence-corrected chi connectivity index (χ3v) is 3.25. The number of primary amides is 1. The van der Waals surface area contributed by atoms with Gasteiger partial charge in [-0.3, -0.25) is 9.69 Å². The van der Waals surface area contributed by atoms with Gasteiger partial charge in [-0.15, -0.1) is 10.2 Å². The molecule has 0 unspecified atom stereocenters. The molecular weight excluding hydrogens is 244 g/mol. The molecule has 1 saturated heterocycles. The number of amides is 1. The molecule has 1 aromatic heterocycles. The molecule has 2 heterocycles. The van der Waals surface area contributed by atoms with Gasteiger partial charge in [-0.1, -0.05) is 0 Å². The predicted octanol–water partition coefficient (Wildman–Crippen LogP) is -0.765. The summed E-state index contributed by atoms with van der Waals surface area (Å²) in [7, 11) is 2.14. The van der Waals surface area contributed by atoms with Crippen LogP contribution in [-0.4, -0.2) is 72.2 Å². The summed E-state index contributed by atoms with van der Waals surface area (Å²) >= 11 is 0. The molecule has 0 aliphatic carbocycles. The summed E-state index contributed by atoms with van der Waals surface area (Å²) in [6, 6.07) is 3.30. The van der Waals surface area contributed by atoms with Crippen LogP contribution in [0.3, 0.4) is 0 Å². The number of rotatable bonds is 5. The highest BCUT2D eigenvalue weighted by atomic mass is 16.1. The van der Waals surface area contributed by atoms with E-state index in [4.69, 9.17) is 5.73 Å². The number of nitrogens with zero attached hydrogens (tertiary/aromatic N) is 4. The second-order valence-electron chi connectivity index (χ2n) is 4.74. The molecule has 7 heteroatoms. The lowest BCUT2D eigenvalue weighted by Crippen LogP contribution is -2.45. The molecule has 19 heavy (non-hydrogen) atoms. The lowest BCUT2D eigenvalue weighted by atomic mass is 10.3. The van der Waals surface area contributed by atoms with Gasteiger partial charge in [0.25, 0.3) is 5.91 Å². The number of nitrogens with two attached hydrogens (primary N) is 1. The van der Waals surface area contributed by atoms with E-state index in [2.05, 4.69) is 32.4 Å². The van der Waals surface area contributed by atoms with Crippen LogP contribution >= 0.6 is 0 Å². The van der Waals surface area contributed by atoms with Crippen LogP contribution in [0.5, 0.6) is 0 Å². The smallest absolute Gasteiger partial charge is 0.269 e. The van der Waals surface area contributed by atoms with E-state index in [1.54, 1.807) is 12.1 Å². The molecule has 0 spiro atoms. The van der Waals surface area contributed by atoms with Gasteiger partial charge >= 0.3 is 0 Å². The Morgan fingerprint density at radius 2 is 2.05 bits per heavy atom. The van der Waals surface area contributed by atoms with Crippen molar-refractivity contribution < 1.29 is 4.79 Å². The second-order valence-corrected chi connectivity index (χ2v) is 4.74. The molecule has 2 rings (SSSR count). The van der Waals surface area contributed by atoms with Crippen molar-refractivity contribution in [3.8, 4) is 0 Å². The van der Waals surface area contributed by atoms with Crippen molar-refractivity contribution in [2.75, 3.05) is 51.6 Å². The number of hydrogen-bond acceptors (Lipinski definition) is 6. The molecule has 7 nitrogen and oxygen atoms in total. The van der Waals surface area contributed by atoms with Gasteiger partial charge in [0.2, 0.25) is 0 Å². The van der Waals surface area contributed by atoms with Crippen LogP contribution in [0.4, 0.5) is 5.82 Å². The van der Waals surface area contributed by atoms with Gasteiger partial charge in [-0.2, -0.15) is 0 Å². The van der Waals surface area contributed by atoms with Crippen molar-refractivity contribution in [1.29, 1.82) is 0 Å². The minimum atomic E-state index is -0.559. The average molecular weight is 264 g/mol. The van der Waals surface area contributed by atoms with Crippen molar-refractivity contribution in [1.82, 2.24) is 20.0 Å². The fraction of sp³-hybridized carbons (Fsp3) is 0.583. The molecule has 0 aromatic carbocycles. The quantitative estimate of drug-likeness (QED) is 0.726. The molecule has 0 atom stereocenters. The second kappa shape index (κ2) is 6.44. The first-order valence-corrected chi connectivity index (χ1v) is 6.43. The van der Waals surface area contributed by atoms with Crippen LogP contribution in [-0.2, 0) is 0 Å². The van der Waals surface area contributed by atoms with E-state index in [1.165, 1.54) is 0 Å². The maximum absolute atomic E-state index is 10.8. The van der Waals surface area contributed by atoms with Crippen molar-refractivity contribution >= 4 is 11.7 Å². The van der Waals surface area contributed by atoms with E-state index in [-0.39, 0.29) is 5.69 Å². The van der Waals surface area contributed by atoms with Gasteiger partial charge in [0.05, 0.1) is 0 Å². The summed E-state index contributed by atoms with van der Waals surface area (Å²) in [6.45, 7) is 6.23. The number of likely N-dealkylation sites (N-methyl/N-ethyl adjacent to an activating group) is 1. The van der Waals surface area contributed by atoms with Crippen molar-refractivity contribution in [2.45, 2.75) is 0 Å². The number of piperazine rings is 1. The van der Waals surface area contributed by atoms with Crippen LogP contribution in [0.15, 0.2) is 12.1 Å². The Kier molecular flexibility index (Phi) is 4.64. The molecule has 3 N–H and O–H groups in total. The Hall–Kier alpha value is -1.73. The van der Waals surface area contributed by atoms with Gasteiger partial charge in [0.15, 0.2) is 5.69 Å². The van der Waals surface area contributed by atoms with Crippen molar-refractivity contribution in [2.24, 2.45) is 5.73 Å². The third kappa shape index (κ3) is 4.15. The Labute approximate surface area is 112 Å². The highest BCUT2D eigenvalue weighted by Gasteiger charge is 2.12. The highest BCUT2D eigenvalue weighted by Crippen LogP contribution is 2.02. The zero-order valence-electron chi connectivity index (χ0n) is 11.2. The van der Waals surface area contributed by atoms with Crippen LogP contribution in [0.2, 0.25) is 0 Å². The summed E-state index contributed by atoms with van der Waals surface area (Å²) in [6.07, 6.45) is 0. The Balaban J connectivity index is 1.72. The molecule has 0 saturated carbocycles. The molecule has 1 amide bonds. The first-order chi connectivity index (χ1) is 9.15. The molecule has 0 radical (unpaired) electrons. The number of nitrogens with one attached hydrogen (secondary N) is 1. The average Bonchev–Trinajstić information content (AvgIpc) is 2.41. The van der Waals surface area contributed by atoms with E-state index >= 15 is 0 Å². The molecule has 1 aliphatic heterocycles. The lowest BCUT2D eigenvalue weighted by molar-refractivity contribution is 0.0994. The molecule has 1 aliphatic rings. The minimum Gasteiger partial charge on any atom is -0.367 e. The van der Waals surface area contributed by atoms with Crippen molar-refractivity contribution in [3.63, 3.8) is 0 Å². The molecule has 104 valence electrons. The minimum absolute atomic E-state index is 0.185. The number of anilines is 1. The van der Waals surface area contributed by atoms with Gasteiger partial charge in [-0.05, 0) is 19.2 Å². The van der Waals surface area contributed by atoms with Crippen LogP contribution in [0.1, 0.15) is 10.5 Å². The first-order valence-electron chi connectivity index (χ1n) is 6.43. The van der Waals surface area contributed by atoms with Crippen LogP contribution in [0.25, 0.3) is 0 Å². The number of hydrogen-bond donors (Lipinski definition) is 2. The van der Waals surface area contributed by atoms with E-state index < -0.39 is 5.91 Å². The van der Waals surface area contributed by atoms with E-state index in [1.807, 2.05) is 0 Å². The van der Waals surface area contributed by atoms with Gasteiger partial charge < -0.3 is 16.0 Å². The highest BCUT2D eigenvalue weighted by molar-refractivity contribution is 5.90. The van der Waals surface area contributed by atoms with E-state index in [0.29, 0.717) is 5.82 Å². The molecule has 0 bridgehead atoms. The van der Waals surface area contributed by atoms with Gasteiger partial charge in [0.1, 0.15) is 5.82 Å². The van der Waals surface area contributed by atoms with Crippen LogP contribution in [0, 0.1) is 0 Å². The maximum Gasteiger partial charge on any atom is 0.269 e. The predicted molar refractivity (Wildman–Crippen MR) is 73.0 cm³/mol. The normalized spacial score (nSPS) is 17.3. The third-order valence-electron chi connectivity index (χ3n) is 3.25. The monoisotopic (exact) mass is 264 g/mol. The largest absolute Gasteiger partial charge is 0.367 e. The Bertz CT molecular complexity index is 413. The topological polar surface area (TPSA) is 87.4 Å². The molecule has 1 aromatic rings. The van der Waals surface area contributed by atoms with Gasteiger partial charge in [-0.25, -0.2) is 0 Å². The fourth-order valence-electron chi connectivity index (χ4n) is 1.97. The SMILES string of the molecule is CN1CCN(CCNc2ccc(C(N)=O)nn2)CC1. The fourth-order valence-corrected chi connectivity index (χ4v) is 1.97. The maximum atomic E-state index is 10.8. The first kappa shape index (κ1) is 13.7. The summed E-state index contributed by atoms with van der Waals surface area (Å²) < 4.78 is 0. The Morgan fingerprint density at radius 1 is 1.32 bits per heavy atom. The van der Waals surface area contributed by atoms with Crippen LogP contribution < -0.4 is 11.1 Å². The number of carbonyl (C=O) groups excluding carboxylic acids is 1. The zero-order valence-corrected chi connectivity index (χ0v) is 11.2. The number of carbonyl (C=O) groups is 1. The standard InChI is InChI=1S/C12H20N6O/c1-17-6-8-18(9-7-17)5-4-14-11-3-2-10(12(13)19)15-16-11/h2-3H,4-9H2,1H3,(H2,13,19)(H,14,16). The molecule has 1 fully saturated rings. The lowest BCUT2D eigenvalue weighted by Gasteiger charge is -2.32. The summed E-state index contributed by atoms with van der Waals surface area (Å²) in [5.41, 5.74) is 5.29. The van der Waals surface area contributed by atoms with Crippen molar-refractivity contribution in [3.05, 3.63) is 17.8 Å². The molecular formula is C12H20N6O.